The summed E-state index contributed by atoms with van der Waals surface area (Å²) < 4.78 is 7.45. The van der Waals surface area contributed by atoms with Crippen molar-refractivity contribution in [1.29, 1.82) is 0 Å². The van der Waals surface area contributed by atoms with Crippen molar-refractivity contribution in [2.45, 2.75) is 25.5 Å². The second kappa shape index (κ2) is 6.52. The van der Waals surface area contributed by atoms with Crippen molar-refractivity contribution in [2.75, 3.05) is 0 Å². The Kier molecular flexibility index (Phi) is 4.44. The van der Waals surface area contributed by atoms with Crippen LogP contribution < -0.4 is 0 Å². The molecule has 2 heterocycles. The van der Waals surface area contributed by atoms with E-state index in [0.717, 1.165) is 33.9 Å². The van der Waals surface area contributed by atoms with Crippen molar-refractivity contribution in [2.24, 2.45) is 7.05 Å². The Labute approximate surface area is 143 Å². The van der Waals surface area contributed by atoms with E-state index in [1.165, 1.54) is 0 Å². The number of fused-ring (bicyclic) bond motifs is 1. The summed E-state index contributed by atoms with van der Waals surface area (Å²) in [4.78, 5) is 11.8. The number of para-hydroxylation sites is 1. The molecule has 3 aromatic rings. The zero-order valence-electron chi connectivity index (χ0n) is 13.6. The van der Waals surface area contributed by atoms with Gasteiger partial charge in [0.25, 0.3) is 5.22 Å². The molecule has 6 nitrogen and oxygen atoms in total. The Morgan fingerprint density at radius 2 is 2.12 bits per heavy atom. The molecule has 24 heavy (non-hydrogen) atoms. The Morgan fingerprint density at radius 3 is 2.79 bits per heavy atom. The fourth-order valence-electron chi connectivity index (χ4n) is 2.51. The molecule has 0 fully saturated rings. The van der Waals surface area contributed by atoms with Crippen LogP contribution in [0.25, 0.3) is 17.0 Å². The number of rotatable bonds is 5. The van der Waals surface area contributed by atoms with Gasteiger partial charge in [-0.2, -0.15) is 0 Å². The van der Waals surface area contributed by atoms with Gasteiger partial charge in [-0.05, 0) is 30.8 Å². The van der Waals surface area contributed by atoms with Gasteiger partial charge in [0.05, 0.1) is 0 Å². The lowest BCUT2D eigenvalue weighted by molar-refractivity contribution is -0.131. The highest BCUT2D eigenvalue weighted by Crippen LogP contribution is 2.32. The molecule has 0 amide bonds. The van der Waals surface area contributed by atoms with Crippen molar-refractivity contribution in [3.05, 3.63) is 46.3 Å². The first-order chi connectivity index (χ1) is 11.5. The van der Waals surface area contributed by atoms with E-state index in [1.807, 2.05) is 49.7 Å². The first kappa shape index (κ1) is 16.3. The summed E-state index contributed by atoms with van der Waals surface area (Å²) in [6.45, 7) is 3.87. The Balaban J connectivity index is 2.06. The molecule has 124 valence electrons. The largest absolute Gasteiger partial charge is 0.477 e. The van der Waals surface area contributed by atoms with E-state index >= 15 is 0 Å². The summed E-state index contributed by atoms with van der Waals surface area (Å²) in [7, 11) is 1.97. The van der Waals surface area contributed by atoms with Crippen LogP contribution in [0.1, 0.15) is 24.1 Å². The average molecular weight is 343 g/mol. The third-order valence-electron chi connectivity index (χ3n) is 3.88. The quantitative estimate of drug-likeness (QED) is 0.562. The number of carboxylic acid groups (broad SMARTS) is 1. The van der Waals surface area contributed by atoms with Crippen molar-refractivity contribution in [3.63, 3.8) is 0 Å². The van der Waals surface area contributed by atoms with E-state index in [0.29, 0.717) is 12.3 Å². The molecule has 0 bridgehead atoms. The number of hydrogen-bond donors (Lipinski definition) is 1. The van der Waals surface area contributed by atoms with E-state index < -0.39 is 5.97 Å². The molecular weight excluding hydrogens is 326 g/mol. The number of nitrogens with zero attached hydrogens (tertiary/aromatic N) is 3. The van der Waals surface area contributed by atoms with Gasteiger partial charge >= 0.3 is 5.97 Å². The second-order valence-corrected chi connectivity index (χ2v) is 6.30. The zero-order valence-corrected chi connectivity index (χ0v) is 14.4. The van der Waals surface area contributed by atoms with Crippen LogP contribution in [0, 0.1) is 6.92 Å². The molecule has 0 saturated heterocycles. The molecule has 1 N–H and O–H groups in total. The predicted molar refractivity (Wildman–Crippen MR) is 92.8 cm³/mol. The third kappa shape index (κ3) is 2.94. The zero-order chi connectivity index (χ0) is 17.3. The molecule has 0 aliphatic heterocycles. The lowest BCUT2D eigenvalue weighted by atomic mass is 10.1. The lowest BCUT2D eigenvalue weighted by Gasteiger charge is -2.00. The maximum absolute atomic E-state index is 11.7. The molecule has 7 heteroatoms. The molecule has 0 radical (unpaired) electrons. The summed E-state index contributed by atoms with van der Waals surface area (Å²) in [5.41, 5.74) is 2.94. The smallest absolute Gasteiger partial charge is 0.342 e. The summed E-state index contributed by atoms with van der Waals surface area (Å²) >= 11 is 0.966. The van der Waals surface area contributed by atoms with Gasteiger partial charge in [0.2, 0.25) is 5.89 Å². The van der Waals surface area contributed by atoms with Crippen molar-refractivity contribution >= 4 is 34.7 Å². The van der Waals surface area contributed by atoms with Gasteiger partial charge in [-0.15, -0.1) is 10.2 Å². The summed E-state index contributed by atoms with van der Waals surface area (Å²) in [6, 6.07) is 7.91. The molecule has 1 aromatic carbocycles. The minimum absolute atomic E-state index is 0.140. The van der Waals surface area contributed by atoms with Crippen LogP contribution in [0.5, 0.6) is 0 Å². The van der Waals surface area contributed by atoms with Gasteiger partial charge in [0.15, 0.2) is 0 Å². The molecule has 0 atom stereocenters. The number of hydrogen-bond acceptors (Lipinski definition) is 5. The van der Waals surface area contributed by atoms with E-state index in [9.17, 15) is 9.90 Å². The first-order valence-electron chi connectivity index (χ1n) is 7.50. The SMILES string of the molecule is CCc1nnc(S/C(=C\c2c(C)n(C)c3ccccc23)C(=O)O)o1. The van der Waals surface area contributed by atoms with Crippen LogP contribution in [-0.4, -0.2) is 25.8 Å². The van der Waals surface area contributed by atoms with E-state index in [2.05, 4.69) is 10.2 Å². The number of carboxylic acids is 1. The van der Waals surface area contributed by atoms with Crippen molar-refractivity contribution in [1.82, 2.24) is 14.8 Å². The maximum atomic E-state index is 11.7. The summed E-state index contributed by atoms with van der Waals surface area (Å²) in [5, 5.41) is 18.5. The van der Waals surface area contributed by atoms with Gasteiger partial charge in [0, 0.05) is 35.6 Å². The van der Waals surface area contributed by atoms with Crippen LogP contribution in [0.4, 0.5) is 0 Å². The van der Waals surface area contributed by atoms with E-state index in [-0.39, 0.29) is 10.1 Å². The highest BCUT2D eigenvalue weighted by atomic mass is 32.2. The minimum Gasteiger partial charge on any atom is -0.477 e. The van der Waals surface area contributed by atoms with Crippen LogP contribution in [-0.2, 0) is 18.3 Å². The van der Waals surface area contributed by atoms with Crippen LogP contribution in [0.2, 0.25) is 0 Å². The summed E-state index contributed by atoms with van der Waals surface area (Å²) in [5.74, 6) is -0.535. The molecule has 2 aromatic heterocycles. The van der Waals surface area contributed by atoms with Crippen LogP contribution >= 0.6 is 11.8 Å². The Morgan fingerprint density at radius 1 is 1.38 bits per heavy atom. The first-order valence-corrected chi connectivity index (χ1v) is 8.32. The topological polar surface area (TPSA) is 81.2 Å². The fourth-order valence-corrected chi connectivity index (χ4v) is 3.19. The molecule has 0 spiro atoms. The highest BCUT2D eigenvalue weighted by molar-refractivity contribution is 8.03. The van der Waals surface area contributed by atoms with Gasteiger partial charge < -0.3 is 14.1 Å². The van der Waals surface area contributed by atoms with Crippen LogP contribution in [0.3, 0.4) is 0 Å². The summed E-state index contributed by atoms with van der Waals surface area (Å²) in [6.07, 6.45) is 2.28. The number of thioether (sulfide) groups is 1. The predicted octanol–water partition coefficient (Wildman–Crippen LogP) is 3.65. The van der Waals surface area contributed by atoms with E-state index in [1.54, 1.807) is 6.08 Å². The van der Waals surface area contributed by atoms with Crippen molar-refractivity contribution < 1.29 is 14.3 Å². The van der Waals surface area contributed by atoms with Gasteiger partial charge in [-0.1, -0.05) is 25.1 Å². The normalized spacial score (nSPS) is 12.0. The van der Waals surface area contributed by atoms with Gasteiger partial charge in [-0.25, -0.2) is 4.79 Å². The minimum atomic E-state index is -1.02. The monoisotopic (exact) mass is 343 g/mol. The molecule has 0 aliphatic carbocycles. The molecule has 0 aliphatic rings. The number of aliphatic carboxylic acids is 1. The highest BCUT2D eigenvalue weighted by Gasteiger charge is 2.17. The number of aryl methyl sites for hydroxylation is 2. The van der Waals surface area contributed by atoms with Crippen molar-refractivity contribution in [3.8, 4) is 0 Å². The fraction of sp³-hybridized carbons (Fsp3) is 0.235. The molecule has 0 saturated carbocycles. The Bertz CT molecular complexity index is 940. The third-order valence-corrected chi connectivity index (χ3v) is 4.73. The second-order valence-electron chi connectivity index (χ2n) is 5.31. The lowest BCUT2D eigenvalue weighted by Crippen LogP contribution is -1.97. The number of carbonyl (C=O) groups is 1. The standard InChI is InChI=1S/C17H17N3O3S/c1-4-15-18-19-17(23-15)24-14(16(21)22)9-12-10(2)20(3)13-8-6-5-7-11(12)13/h5-9H,4H2,1-3H3,(H,21,22)/b14-9-. The number of benzene rings is 1. The molecular formula is C17H17N3O3S. The van der Waals surface area contributed by atoms with Crippen LogP contribution in [0.15, 0.2) is 38.8 Å². The van der Waals surface area contributed by atoms with E-state index in [4.69, 9.17) is 4.42 Å². The van der Waals surface area contributed by atoms with Gasteiger partial charge in [0.1, 0.15) is 4.91 Å². The maximum Gasteiger partial charge on any atom is 0.342 e. The molecule has 0 unspecified atom stereocenters. The van der Waals surface area contributed by atoms with Gasteiger partial charge in [-0.3, -0.25) is 0 Å². The average Bonchev–Trinajstić information content (AvgIpc) is 3.13. The Hall–Kier alpha value is -2.54. The number of aromatic nitrogens is 3. The molecule has 3 rings (SSSR count).